The van der Waals surface area contributed by atoms with E-state index in [9.17, 15) is 17.2 Å². The molecule has 0 saturated carbocycles. The molecule has 2 aromatic carbocycles. The second-order valence-electron chi connectivity index (χ2n) is 4.98. The van der Waals surface area contributed by atoms with Gasteiger partial charge in [0.25, 0.3) is 10.0 Å². The predicted molar refractivity (Wildman–Crippen MR) is 84.4 cm³/mol. The molecule has 0 bridgehead atoms. The maximum absolute atomic E-state index is 12.5. The van der Waals surface area contributed by atoms with Crippen molar-refractivity contribution < 1.29 is 21.9 Å². The van der Waals surface area contributed by atoms with Gasteiger partial charge >= 0.3 is 6.61 Å². The van der Waals surface area contributed by atoms with Crippen molar-refractivity contribution >= 4 is 15.7 Å². The van der Waals surface area contributed by atoms with Crippen LogP contribution in [0.15, 0.2) is 47.4 Å². The van der Waals surface area contributed by atoms with Gasteiger partial charge in [-0.05, 0) is 48.7 Å². The van der Waals surface area contributed by atoms with Gasteiger partial charge in [-0.1, -0.05) is 25.1 Å². The van der Waals surface area contributed by atoms with Crippen molar-refractivity contribution in [3.63, 3.8) is 0 Å². The van der Waals surface area contributed by atoms with E-state index < -0.39 is 16.6 Å². The lowest BCUT2D eigenvalue weighted by atomic mass is 10.2. The van der Waals surface area contributed by atoms with Gasteiger partial charge in [-0.15, -0.1) is 0 Å². The molecule has 0 aliphatic rings. The summed E-state index contributed by atoms with van der Waals surface area (Å²) in [6.07, 6.45) is 0.790. The fraction of sp³-hybridized carbons (Fsp3) is 0.250. The molecular formula is C16H17F2NO3S. The van der Waals surface area contributed by atoms with E-state index in [1.54, 1.807) is 25.1 Å². The van der Waals surface area contributed by atoms with E-state index >= 15 is 0 Å². The van der Waals surface area contributed by atoms with Crippen LogP contribution in [0, 0.1) is 6.92 Å². The first kappa shape index (κ1) is 17.2. The van der Waals surface area contributed by atoms with Crippen LogP contribution in [-0.2, 0) is 16.4 Å². The maximum atomic E-state index is 12.5. The Bertz CT molecular complexity index is 774. The minimum atomic E-state index is -3.88. The zero-order valence-corrected chi connectivity index (χ0v) is 13.5. The molecule has 0 saturated heterocycles. The minimum Gasteiger partial charge on any atom is -0.433 e. The number of anilines is 1. The standard InChI is InChI=1S/C16H17F2NO3S/c1-3-12-5-7-13(8-6-12)23(20,21)19-14-9-4-11(2)10-15(14)22-16(17)18/h4-10,16,19H,3H2,1-2H3. The summed E-state index contributed by atoms with van der Waals surface area (Å²) >= 11 is 0. The third kappa shape index (κ3) is 4.41. The van der Waals surface area contributed by atoms with Crippen LogP contribution in [0.1, 0.15) is 18.1 Å². The maximum Gasteiger partial charge on any atom is 0.387 e. The summed E-state index contributed by atoms with van der Waals surface area (Å²) in [7, 11) is -3.88. The number of halogens is 2. The van der Waals surface area contributed by atoms with Crippen molar-refractivity contribution in [3.8, 4) is 5.75 Å². The van der Waals surface area contributed by atoms with E-state index in [1.807, 2.05) is 6.92 Å². The zero-order chi connectivity index (χ0) is 17.0. The Morgan fingerprint density at radius 3 is 2.35 bits per heavy atom. The molecule has 0 atom stereocenters. The number of alkyl halides is 2. The second kappa shape index (κ2) is 6.95. The average Bonchev–Trinajstić information content (AvgIpc) is 2.49. The van der Waals surface area contributed by atoms with Gasteiger partial charge in [-0.3, -0.25) is 4.72 Å². The summed E-state index contributed by atoms with van der Waals surface area (Å²) < 4.78 is 56.4. The fourth-order valence-electron chi connectivity index (χ4n) is 2.02. The molecule has 2 aromatic rings. The molecule has 23 heavy (non-hydrogen) atoms. The van der Waals surface area contributed by atoms with Gasteiger partial charge in [0.05, 0.1) is 10.6 Å². The van der Waals surface area contributed by atoms with Crippen LogP contribution in [0.2, 0.25) is 0 Å². The highest BCUT2D eigenvalue weighted by atomic mass is 32.2. The first-order valence-electron chi connectivity index (χ1n) is 6.99. The normalized spacial score (nSPS) is 11.5. The lowest BCUT2D eigenvalue weighted by Gasteiger charge is -2.14. The number of hydrogen-bond donors (Lipinski definition) is 1. The molecule has 2 rings (SSSR count). The van der Waals surface area contributed by atoms with Crippen molar-refractivity contribution in [3.05, 3.63) is 53.6 Å². The molecular weight excluding hydrogens is 324 g/mol. The van der Waals surface area contributed by atoms with E-state index in [-0.39, 0.29) is 16.3 Å². The van der Waals surface area contributed by atoms with Crippen molar-refractivity contribution in [1.29, 1.82) is 0 Å². The number of ether oxygens (including phenoxy) is 1. The lowest BCUT2D eigenvalue weighted by Crippen LogP contribution is -2.15. The molecule has 0 spiro atoms. The van der Waals surface area contributed by atoms with Crippen molar-refractivity contribution in [2.45, 2.75) is 31.8 Å². The van der Waals surface area contributed by atoms with Crippen LogP contribution in [0.3, 0.4) is 0 Å². The Kier molecular flexibility index (Phi) is 5.20. The fourth-order valence-corrected chi connectivity index (χ4v) is 3.09. The SMILES string of the molecule is CCc1ccc(S(=O)(=O)Nc2ccc(C)cc2OC(F)F)cc1. The molecule has 0 aromatic heterocycles. The smallest absolute Gasteiger partial charge is 0.387 e. The molecule has 7 heteroatoms. The average molecular weight is 341 g/mol. The Morgan fingerprint density at radius 2 is 1.78 bits per heavy atom. The van der Waals surface area contributed by atoms with Crippen LogP contribution < -0.4 is 9.46 Å². The van der Waals surface area contributed by atoms with Crippen LogP contribution >= 0.6 is 0 Å². The Hall–Kier alpha value is -2.15. The van der Waals surface area contributed by atoms with Gasteiger partial charge in [0.15, 0.2) is 0 Å². The van der Waals surface area contributed by atoms with E-state index in [2.05, 4.69) is 9.46 Å². The highest BCUT2D eigenvalue weighted by molar-refractivity contribution is 7.92. The molecule has 0 radical (unpaired) electrons. The third-order valence-electron chi connectivity index (χ3n) is 3.24. The second-order valence-corrected chi connectivity index (χ2v) is 6.66. The monoisotopic (exact) mass is 341 g/mol. The summed E-state index contributed by atoms with van der Waals surface area (Å²) in [5.74, 6) is -0.214. The molecule has 0 heterocycles. The summed E-state index contributed by atoms with van der Waals surface area (Å²) in [5.41, 5.74) is 1.65. The van der Waals surface area contributed by atoms with Gasteiger partial charge < -0.3 is 4.74 Å². The highest BCUT2D eigenvalue weighted by Crippen LogP contribution is 2.29. The number of benzene rings is 2. The van der Waals surface area contributed by atoms with Gasteiger partial charge in [-0.2, -0.15) is 8.78 Å². The molecule has 124 valence electrons. The van der Waals surface area contributed by atoms with Crippen molar-refractivity contribution in [1.82, 2.24) is 0 Å². The van der Waals surface area contributed by atoms with Crippen LogP contribution in [0.25, 0.3) is 0 Å². The van der Waals surface area contributed by atoms with Crippen LogP contribution in [-0.4, -0.2) is 15.0 Å². The number of sulfonamides is 1. The Labute approximate surface area is 134 Å². The Morgan fingerprint density at radius 1 is 1.13 bits per heavy atom. The van der Waals surface area contributed by atoms with Crippen LogP contribution in [0.4, 0.5) is 14.5 Å². The molecule has 0 aliphatic heterocycles. The summed E-state index contributed by atoms with van der Waals surface area (Å²) in [6, 6.07) is 10.7. The molecule has 0 fully saturated rings. The van der Waals surface area contributed by atoms with E-state index in [0.717, 1.165) is 12.0 Å². The predicted octanol–water partition coefficient (Wildman–Crippen LogP) is 3.96. The molecule has 0 unspecified atom stereocenters. The van der Waals surface area contributed by atoms with Gasteiger partial charge in [0.1, 0.15) is 5.75 Å². The molecule has 0 aliphatic carbocycles. The quantitative estimate of drug-likeness (QED) is 0.865. The first-order chi connectivity index (χ1) is 10.8. The minimum absolute atomic E-state index is 0.0320. The summed E-state index contributed by atoms with van der Waals surface area (Å²) in [4.78, 5) is 0.0540. The third-order valence-corrected chi connectivity index (χ3v) is 4.62. The number of rotatable bonds is 6. The topological polar surface area (TPSA) is 55.4 Å². The number of hydrogen-bond acceptors (Lipinski definition) is 3. The van der Waals surface area contributed by atoms with Gasteiger partial charge in [0.2, 0.25) is 0 Å². The highest BCUT2D eigenvalue weighted by Gasteiger charge is 2.18. The molecule has 1 N–H and O–H groups in total. The van der Waals surface area contributed by atoms with Crippen molar-refractivity contribution in [2.75, 3.05) is 4.72 Å². The summed E-state index contributed by atoms with van der Waals surface area (Å²) in [6.45, 7) is 0.617. The molecule has 0 amide bonds. The lowest BCUT2D eigenvalue weighted by molar-refractivity contribution is -0.0493. The van der Waals surface area contributed by atoms with Crippen LogP contribution in [0.5, 0.6) is 5.75 Å². The zero-order valence-electron chi connectivity index (χ0n) is 12.7. The number of aryl methyl sites for hydroxylation is 2. The summed E-state index contributed by atoms with van der Waals surface area (Å²) in [5, 5.41) is 0. The largest absolute Gasteiger partial charge is 0.433 e. The van der Waals surface area contributed by atoms with Crippen molar-refractivity contribution in [2.24, 2.45) is 0 Å². The molecule has 4 nitrogen and oxygen atoms in total. The van der Waals surface area contributed by atoms with Gasteiger partial charge in [-0.25, -0.2) is 8.42 Å². The number of nitrogens with one attached hydrogen (secondary N) is 1. The van der Waals surface area contributed by atoms with E-state index in [1.165, 1.54) is 24.3 Å². The van der Waals surface area contributed by atoms with Gasteiger partial charge in [0, 0.05) is 0 Å². The first-order valence-corrected chi connectivity index (χ1v) is 8.47. The van der Waals surface area contributed by atoms with E-state index in [0.29, 0.717) is 5.56 Å². The van der Waals surface area contributed by atoms with E-state index in [4.69, 9.17) is 0 Å². The Balaban J connectivity index is 2.32.